The molecule has 0 saturated carbocycles. The van der Waals surface area contributed by atoms with Crippen molar-refractivity contribution in [2.75, 3.05) is 20.2 Å². The van der Waals surface area contributed by atoms with E-state index in [1.54, 1.807) is 19.5 Å². The number of rotatable bonds is 12. The Morgan fingerprint density at radius 1 is 0.808 bits per heavy atom. The molecule has 2 atom stereocenters. The molecule has 0 aliphatic carbocycles. The van der Waals surface area contributed by atoms with Gasteiger partial charge >= 0.3 is 0 Å². The maximum absolute atomic E-state index is 13.3. The SMILES string of the molecule is COc1nc(-c2cccc(-c3cccc(-c4ccn5c(=O)c(CNCC6CCCC(=O)N6)cnc5c4)c3Cl)c2Cl)ccc1CNC[C@@H]1CCC(=O)N1. The van der Waals surface area contributed by atoms with E-state index in [0.717, 1.165) is 52.6 Å². The fraction of sp³-hybridized carbons (Fsp3) is 0.308. The molecule has 13 heteroatoms. The van der Waals surface area contributed by atoms with Crippen LogP contribution in [0.4, 0.5) is 0 Å². The highest BCUT2D eigenvalue weighted by Crippen LogP contribution is 2.42. The Kier molecular flexibility index (Phi) is 10.8. The van der Waals surface area contributed by atoms with Crippen molar-refractivity contribution in [3.05, 3.63) is 105 Å². The van der Waals surface area contributed by atoms with Gasteiger partial charge in [-0.05, 0) is 43.0 Å². The predicted octanol–water partition coefficient (Wildman–Crippen LogP) is 5.53. The number of piperidine rings is 1. The molecule has 5 heterocycles. The third-order valence-corrected chi connectivity index (χ3v) is 10.4. The lowest BCUT2D eigenvalue weighted by molar-refractivity contribution is -0.123. The lowest BCUT2D eigenvalue weighted by Crippen LogP contribution is -2.45. The van der Waals surface area contributed by atoms with E-state index in [1.165, 1.54) is 4.40 Å². The average Bonchev–Trinajstić information content (AvgIpc) is 3.57. The molecule has 11 nitrogen and oxygen atoms in total. The first-order chi connectivity index (χ1) is 25.3. The van der Waals surface area contributed by atoms with Crippen molar-refractivity contribution in [1.82, 2.24) is 35.6 Å². The number of halogens is 2. The van der Waals surface area contributed by atoms with Crippen molar-refractivity contribution in [2.45, 2.75) is 57.3 Å². The summed E-state index contributed by atoms with van der Waals surface area (Å²) in [7, 11) is 1.59. The second-order valence-corrected chi connectivity index (χ2v) is 13.9. The number of nitrogens with one attached hydrogen (secondary N) is 4. The van der Waals surface area contributed by atoms with Crippen molar-refractivity contribution in [2.24, 2.45) is 0 Å². The minimum absolute atomic E-state index is 0.0671. The number of hydrogen-bond donors (Lipinski definition) is 4. The number of carbonyl (C=O) groups is 2. The summed E-state index contributed by atoms with van der Waals surface area (Å²) in [5, 5.41) is 13.6. The first kappa shape index (κ1) is 35.6. The highest BCUT2D eigenvalue weighted by Gasteiger charge is 2.21. The first-order valence-corrected chi connectivity index (χ1v) is 18.2. The third kappa shape index (κ3) is 7.68. The van der Waals surface area contributed by atoms with E-state index < -0.39 is 0 Å². The van der Waals surface area contributed by atoms with E-state index in [2.05, 4.69) is 26.3 Å². The molecule has 7 rings (SSSR count). The molecule has 2 aliphatic rings. The summed E-state index contributed by atoms with van der Waals surface area (Å²) >= 11 is 14.2. The molecule has 0 bridgehead atoms. The maximum Gasteiger partial charge on any atom is 0.262 e. The number of methoxy groups -OCH3 is 1. The van der Waals surface area contributed by atoms with Gasteiger partial charge in [0, 0.05) is 96.9 Å². The Labute approximate surface area is 311 Å². The quantitative estimate of drug-likeness (QED) is 0.131. The molecule has 3 aromatic heterocycles. The Balaban J connectivity index is 1.09. The molecule has 268 valence electrons. The minimum atomic E-state index is -0.159. The van der Waals surface area contributed by atoms with E-state index in [4.69, 9.17) is 32.9 Å². The van der Waals surface area contributed by atoms with Crippen LogP contribution in [0.15, 0.2) is 77.9 Å². The number of carbonyl (C=O) groups excluding carboxylic acids is 2. The highest BCUT2D eigenvalue weighted by atomic mass is 35.5. The number of pyridine rings is 2. The van der Waals surface area contributed by atoms with Gasteiger partial charge in [0.25, 0.3) is 5.56 Å². The minimum Gasteiger partial charge on any atom is -0.481 e. The van der Waals surface area contributed by atoms with Gasteiger partial charge in [0.15, 0.2) is 0 Å². The number of ether oxygens (including phenoxy) is 1. The topological polar surface area (TPSA) is 139 Å². The normalized spacial score (nSPS) is 17.3. The summed E-state index contributed by atoms with van der Waals surface area (Å²) in [4.78, 5) is 45.9. The van der Waals surface area contributed by atoms with Gasteiger partial charge < -0.3 is 26.0 Å². The van der Waals surface area contributed by atoms with Crippen molar-refractivity contribution in [3.8, 4) is 39.4 Å². The molecule has 2 aliphatic heterocycles. The molecule has 2 amide bonds. The molecule has 0 spiro atoms. The number of benzene rings is 2. The first-order valence-electron chi connectivity index (χ1n) is 17.4. The van der Waals surface area contributed by atoms with Crippen LogP contribution in [0, 0.1) is 0 Å². The van der Waals surface area contributed by atoms with Gasteiger partial charge in [0.2, 0.25) is 17.7 Å². The molecule has 0 radical (unpaired) electrons. The molecular weight excluding hydrogens is 701 g/mol. The van der Waals surface area contributed by atoms with E-state index in [-0.39, 0.29) is 29.5 Å². The van der Waals surface area contributed by atoms with Crippen LogP contribution in [0.1, 0.15) is 43.2 Å². The largest absolute Gasteiger partial charge is 0.481 e. The van der Waals surface area contributed by atoms with E-state index in [9.17, 15) is 14.4 Å². The molecular formula is C39H39Cl2N7O4. The summed E-state index contributed by atoms with van der Waals surface area (Å²) in [6.07, 6.45) is 7.06. The van der Waals surface area contributed by atoms with Crippen LogP contribution in [-0.4, -0.2) is 58.5 Å². The van der Waals surface area contributed by atoms with E-state index >= 15 is 0 Å². The smallest absolute Gasteiger partial charge is 0.262 e. The molecule has 2 saturated heterocycles. The van der Waals surface area contributed by atoms with Gasteiger partial charge in [0.05, 0.1) is 22.8 Å². The van der Waals surface area contributed by atoms with Crippen LogP contribution in [0.3, 0.4) is 0 Å². The average molecular weight is 741 g/mol. The van der Waals surface area contributed by atoms with E-state index in [1.807, 2.05) is 60.7 Å². The summed E-state index contributed by atoms with van der Waals surface area (Å²) in [5.74, 6) is 0.653. The molecule has 52 heavy (non-hydrogen) atoms. The Hall–Kier alpha value is -4.81. The van der Waals surface area contributed by atoms with Crippen LogP contribution < -0.4 is 31.6 Å². The molecule has 2 aromatic carbocycles. The lowest BCUT2D eigenvalue weighted by atomic mass is 9.97. The standard InChI is InChI=1S/C39H39Cl2N7O4/c1-52-38-24(18-42-22-27-12-14-35(50)46-27)11-13-32(47-38)31-9-4-8-30(37(31)41)29-7-3-6-28(36(29)40)23-15-16-48-33(17-23)44-20-25(39(48)51)19-43-21-26-5-2-10-34(49)45-26/h3-4,6-9,11,13,15-17,20,26-27,42-43H,2,5,10,12,14,18-19,21-22H2,1H3,(H,45,49)(H,46,50)/t26?,27-/m0/s1. The molecule has 4 N–H and O–H groups in total. The summed E-state index contributed by atoms with van der Waals surface area (Å²) in [5.41, 5.74) is 6.22. The zero-order valence-corrected chi connectivity index (χ0v) is 30.2. The molecule has 1 unspecified atom stereocenters. The number of hydrogen-bond acceptors (Lipinski definition) is 8. The number of fused-ring (bicyclic) bond motifs is 1. The Bertz CT molecular complexity index is 2210. The summed E-state index contributed by atoms with van der Waals surface area (Å²) in [6, 6.07) is 19.3. The van der Waals surface area contributed by atoms with Crippen LogP contribution in [-0.2, 0) is 22.7 Å². The van der Waals surface area contributed by atoms with Gasteiger partial charge in [-0.2, -0.15) is 0 Å². The van der Waals surface area contributed by atoms with Gasteiger partial charge in [0.1, 0.15) is 5.65 Å². The van der Waals surface area contributed by atoms with Gasteiger partial charge in [-0.1, -0.05) is 65.7 Å². The fourth-order valence-electron chi connectivity index (χ4n) is 6.86. The highest BCUT2D eigenvalue weighted by molar-refractivity contribution is 6.39. The summed E-state index contributed by atoms with van der Waals surface area (Å²) < 4.78 is 7.17. The van der Waals surface area contributed by atoms with Gasteiger partial charge in [-0.25, -0.2) is 9.97 Å². The van der Waals surface area contributed by atoms with E-state index in [0.29, 0.717) is 71.9 Å². The van der Waals surface area contributed by atoms with Crippen molar-refractivity contribution >= 4 is 40.7 Å². The molecule has 5 aromatic rings. The predicted molar refractivity (Wildman–Crippen MR) is 202 cm³/mol. The van der Waals surface area contributed by atoms with Gasteiger partial charge in [-0.3, -0.25) is 18.8 Å². The van der Waals surface area contributed by atoms with Crippen LogP contribution in [0.5, 0.6) is 5.88 Å². The monoisotopic (exact) mass is 739 g/mol. The number of aromatic nitrogens is 3. The Morgan fingerprint density at radius 2 is 1.46 bits per heavy atom. The number of amides is 2. The van der Waals surface area contributed by atoms with Crippen LogP contribution >= 0.6 is 23.2 Å². The second-order valence-electron chi connectivity index (χ2n) is 13.2. The lowest BCUT2D eigenvalue weighted by Gasteiger charge is -2.23. The Morgan fingerprint density at radius 3 is 2.15 bits per heavy atom. The zero-order valence-electron chi connectivity index (χ0n) is 28.7. The maximum atomic E-state index is 13.3. The summed E-state index contributed by atoms with van der Waals surface area (Å²) in [6.45, 7) is 2.15. The third-order valence-electron chi connectivity index (χ3n) is 9.61. The van der Waals surface area contributed by atoms with Gasteiger partial charge in [-0.15, -0.1) is 0 Å². The van der Waals surface area contributed by atoms with Crippen molar-refractivity contribution < 1.29 is 14.3 Å². The number of nitrogens with zero attached hydrogens (tertiary/aromatic N) is 3. The van der Waals surface area contributed by atoms with Crippen molar-refractivity contribution in [1.29, 1.82) is 0 Å². The van der Waals surface area contributed by atoms with Crippen LogP contribution in [0.2, 0.25) is 10.0 Å². The van der Waals surface area contributed by atoms with Crippen LogP contribution in [0.25, 0.3) is 39.2 Å². The molecule has 2 fully saturated rings. The zero-order chi connectivity index (χ0) is 36.2. The van der Waals surface area contributed by atoms with Crippen molar-refractivity contribution in [3.63, 3.8) is 0 Å². The second kappa shape index (κ2) is 15.8. The fourth-order valence-corrected chi connectivity index (χ4v) is 7.52.